The van der Waals surface area contributed by atoms with Crippen LogP contribution in [0.3, 0.4) is 0 Å². The van der Waals surface area contributed by atoms with Crippen molar-refractivity contribution in [2.75, 3.05) is 0 Å². The maximum Gasteiger partial charge on any atom is 0.387 e. The molecule has 0 aliphatic carbocycles. The van der Waals surface area contributed by atoms with Gasteiger partial charge < -0.3 is 10.1 Å². The Labute approximate surface area is 116 Å². The van der Waals surface area contributed by atoms with E-state index in [1.54, 1.807) is 24.3 Å². The fourth-order valence-corrected chi connectivity index (χ4v) is 1.85. The Morgan fingerprint density at radius 2 is 1.95 bits per heavy atom. The quantitative estimate of drug-likeness (QED) is 0.884. The molecule has 0 bridgehead atoms. The zero-order chi connectivity index (χ0) is 14.5. The minimum absolute atomic E-state index is 0.173. The van der Waals surface area contributed by atoms with Crippen LogP contribution in [0.2, 0.25) is 0 Å². The van der Waals surface area contributed by atoms with Gasteiger partial charge in [-0.2, -0.15) is 13.9 Å². The Morgan fingerprint density at radius 3 is 2.50 bits per heavy atom. The highest BCUT2D eigenvalue weighted by atomic mass is 19.3. The van der Waals surface area contributed by atoms with Crippen molar-refractivity contribution in [3.63, 3.8) is 0 Å². The van der Waals surface area contributed by atoms with Crippen molar-refractivity contribution >= 4 is 0 Å². The smallest absolute Gasteiger partial charge is 0.387 e. The first kappa shape index (κ1) is 14.5. The standard InChI is InChI=1S/C14H17F2N3O/c1-10-12(9-18-19(10)2)8-17-7-11-3-5-13(6-4-11)20-14(15)16/h3-6,9,14,17H,7-8H2,1-2H3. The van der Waals surface area contributed by atoms with E-state index in [1.807, 2.05) is 24.9 Å². The Morgan fingerprint density at radius 1 is 1.25 bits per heavy atom. The van der Waals surface area contributed by atoms with Gasteiger partial charge in [-0.1, -0.05) is 12.1 Å². The molecule has 1 heterocycles. The summed E-state index contributed by atoms with van der Waals surface area (Å²) in [6.45, 7) is 0.603. The van der Waals surface area contributed by atoms with E-state index in [1.165, 1.54) is 0 Å². The molecule has 2 aromatic rings. The van der Waals surface area contributed by atoms with Crippen molar-refractivity contribution in [1.82, 2.24) is 15.1 Å². The summed E-state index contributed by atoms with van der Waals surface area (Å²) >= 11 is 0. The number of benzene rings is 1. The number of hydrogen-bond acceptors (Lipinski definition) is 3. The molecule has 0 atom stereocenters. The highest BCUT2D eigenvalue weighted by molar-refractivity contribution is 5.27. The van der Waals surface area contributed by atoms with Crippen LogP contribution >= 0.6 is 0 Å². The summed E-state index contributed by atoms with van der Waals surface area (Å²) in [5.74, 6) is 0.173. The molecule has 0 radical (unpaired) electrons. The SMILES string of the molecule is Cc1c(CNCc2ccc(OC(F)F)cc2)cnn1C. The van der Waals surface area contributed by atoms with E-state index in [-0.39, 0.29) is 5.75 Å². The third-order valence-corrected chi connectivity index (χ3v) is 3.13. The first-order valence-electron chi connectivity index (χ1n) is 6.28. The van der Waals surface area contributed by atoms with E-state index < -0.39 is 6.61 Å². The lowest BCUT2D eigenvalue weighted by Gasteiger charge is -2.07. The molecule has 0 spiro atoms. The molecule has 2 rings (SSSR count). The molecule has 1 aromatic carbocycles. The summed E-state index contributed by atoms with van der Waals surface area (Å²) in [5, 5.41) is 7.46. The summed E-state index contributed by atoms with van der Waals surface area (Å²) in [4.78, 5) is 0. The van der Waals surface area contributed by atoms with Crippen LogP contribution in [0.15, 0.2) is 30.5 Å². The maximum absolute atomic E-state index is 12.0. The molecule has 20 heavy (non-hydrogen) atoms. The van der Waals surface area contributed by atoms with Crippen LogP contribution in [0, 0.1) is 6.92 Å². The average Bonchev–Trinajstić information content (AvgIpc) is 2.72. The summed E-state index contributed by atoms with van der Waals surface area (Å²) < 4.78 is 30.1. The molecule has 1 N–H and O–H groups in total. The molecule has 4 nitrogen and oxygen atoms in total. The molecule has 0 saturated carbocycles. The second kappa shape index (κ2) is 6.47. The molecule has 0 fully saturated rings. The van der Waals surface area contributed by atoms with Gasteiger partial charge in [-0.3, -0.25) is 4.68 Å². The number of alkyl halides is 2. The van der Waals surface area contributed by atoms with Crippen LogP contribution in [-0.2, 0) is 20.1 Å². The van der Waals surface area contributed by atoms with E-state index >= 15 is 0 Å². The molecule has 0 aliphatic heterocycles. The number of nitrogens with one attached hydrogen (secondary N) is 1. The minimum Gasteiger partial charge on any atom is -0.435 e. The van der Waals surface area contributed by atoms with Gasteiger partial charge in [0, 0.05) is 31.4 Å². The molecular weight excluding hydrogens is 264 g/mol. The van der Waals surface area contributed by atoms with Gasteiger partial charge in [0.25, 0.3) is 0 Å². The fourth-order valence-electron chi connectivity index (χ4n) is 1.85. The van der Waals surface area contributed by atoms with Gasteiger partial charge in [-0.15, -0.1) is 0 Å². The molecule has 0 saturated heterocycles. The second-order valence-electron chi connectivity index (χ2n) is 4.50. The van der Waals surface area contributed by atoms with Gasteiger partial charge in [0.1, 0.15) is 5.75 Å². The number of rotatable bonds is 6. The first-order valence-corrected chi connectivity index (χ1v) is 6.28. The molecular formula is C14H17F2N3O. The third-order valence-electron chi connectivity index (χ3n) is 3.13. The maximum atomic E-state index is 12.0. The highest BCUT2D eigenvalue weighted by Gasteiger charge is 2.05. The monoisotopic (exact) mass is 281 g/mol. The molecule has 0 unspecified atom stereocenters. The van der Waals surface area contributed by atoms with Crippen molar-refractivity contribution < 1.29 is 13.5 Å². The van der Waals surface area contributed by atoms with Crippen molar-refractivity contribution in [1.29, 1.82) is 0 Å². The third kappa shape index (κ3) is 3.77. The van der Waals surface area contributed by atoms with Crippen LogP contribution in [-0.4, -0.2) is 16.4 Å². The van der Waals surface area contributed by atoms with Gasteiger partial charge in [0.05, 0.1) is 6.20 Å². The number of aromatic nitrogens is 2. The van der Waals surface area contributed by atoms with Gasteiger partial charge in [-0.25, -0.2) is 0 Å². The Kier molecular flexibility index (Phi) is 4.68. The van der Waals surface area contributed by atoms with E-state index in [2.05, 4.69) is 15.2 Å². The number of ether oxygens (including phenoxy) is 1. The van der Waals surface area contributed by atoms with E-state index in [9.17, 15) is 8.78 Å². The average molecular weight is 281 g/mol. The molecule has 0 aliphatic rings. The van der Waals surface area contributed by atoms with Gasteiger partial charge in [-0.05, 0) is 24.6 Å². The second-order valence-corrected chi connectivity index (χ2v) is 4.50. The van der Waals surface area contributed by atoms with Crippen LogP contribution in [0.1, 0.15) is 16.8 Å². The van der Waals surface area contributed by atoms with Crippen molar-refractivity contribution in [3.05, 3.63) is 47.3 Å². The van der Waals surface area contributed by atoms with Gasteiger partial charge >= 0.3 is 6.61 Å². The largest absolute Gasteiger partial charge is 0.435 e. The lowest BCUT2D eigenvalue weighted by molar-refractivity contribution is -0.0498. The van der Waals surface area contributed by atoms with Crippen LogP contribution < -0.4 is 10.1 Å². The fraction of sp³-hybridized carbons (Fsp3) is 0.357. The predicted molar refractivity (Wildman–Crippen MR) is 71.6 cm³/mol. The number of hydrogen-bond donors (Lipinski definition) is 1. The summed E-state index contributed by atoms with van der Waals surface area (Å²) in [5.41, 5.74) is 3.27. The van der Waals surface area contributed by atoms with Crippen LogP contribution in [0.5, 0.6) is 5.75 Å². The Balaban J connectivity index is 1.83. The molecule has 1 aromatic heterocycles. The summed E-state index contributed by atoms with van der Waals surface area (Å²) in [6.07, 6.45) is 1.84. The van der Waals surface area contributed by atoms with Gasteiger partial charge in [0.15, 0.2) is 0 Å². The van der Waals surface area contributed by atoms with Crippen molar-refractivity contribution in [2.24, 2.45) is 7.05 Å². The lowest BCUT2D eigenvalue weighted by atomic mass is 10.2. The van der Waals surface area contributed by atoms with E-state index in [4.69, 9.17) is 0 Å². The van der Waals surface area contributed by atoms with Gasteiger partial charge in [0.2, 0.25) is 0 Å². The topological polar surface area (TPSA) is 39.1 Å². The predicted octanol–water partition coefficient (Wildman–Crippen LogP) is 2.62. The van der Waals surface area contributed by atoms with Crippen molar-refractivity contribution in [3.8, 4) is 5.75 Å². The Bertz CT molecular complexity index is 552. The molecule has 6 heteroatoms. The number of aryl methyl sites for hydroxylation is 1. The zero-order valence-electron chi connectivity index (χ0n) is 11.4. The summed E-state index contributed by atoms with van der Waals surface area (Å²) in [7, 11) is 1.90. The molecule has 0 amide bonds. The van der Waals surface area contributed by atoms with Crippen LogP contribution in [0.25, 0.3) is 0 Å². The highest BCUT2D eigenvalue weighted by Crippen LogP contribution is 2.15. The first-order chi connectivity index (χ1) is 9.56. The minimum atomic E-state index is -2.78. The Hall–Kier alpha value is -1.95. The van der Waals surface area contributed by atoms with Crippen molar-refractivity contribution in [2.45, 2.75) is 26.6 Å². The number of nitrogens with zero attached hydrogens (tertiary/aromatic N) is 2. The molecule has 108 valence electrons. The number of halogens is 2. The normalized spacial score (nSPS) is 11.1. The van der Waals surface area contributed by atoms with Crippen LogP contribution in [0.4, 0.5) is 8.78 Å². The zero-order valence-corrected chi connectivity index (χ0v) is 11.4. The summed E-state index contributed by atoms with van der Waals surface area (Å²) in [6, 6.07) is 6.61. The lowest BCUT2D eigenvalue weighted by Crippen LogP contribution is -2.13. The van der Waals surface area contributed by atoms with E-state index in [0.29, 0.717) is 6.54 Å². The van der Waals surface area contributed by atoms with E-state index in [0.717, 1.165) is 23.4 Å².